The molecule has 290 valence electrons. The Morgan fingerprint density at radius 1 is 0.673 bits per heavy atom. The van der Waals surface area contributed by atoms with Crippen molar-refractivity contribution in [3.05, 3.63) is 106 Å². The van der Waals surface area contributed by atoms with Crippen molar-refractivity contribution in [2.24, 2.45) is 0 Å². The molecule has 4 aromatic carbocycles. The second-order valence-electron chi connectivity index (χ2n) is 13.1. The Hall–Kier alpha value is -5.60. The number of hydrogen-bond acceptors (Lipinski definition) is 12. The SMILES string of the molecule is COc1cc(-c2cc(-c3cc(CO)c(CO)c(CO)c3)no2)cc(OC)c1OCCCCCCCOc1ccc(C2NC(=O)c3ccccc3N2)cc1CO. The molecule has 13 nitrogen and oxygen atoms in total. The summed E-state index contributed by atoms with van der Waals surface area (Å²) in [6.45, 7) is -0.0877. The standard InChI is InChI=1S/C42H47N3O10/c1-51-38-19-28(37-21-35(45-55-37)27-17-29(22-46)33(25-49)30(18-27)23-47)20-39(52-2)40(38)54-15-9-5-3-4-8-14-53-36-13-12-26(16-31(36)24-48)41-43-34-11-7-6-10-32(34)42(50)44-41/h6-7,10-13,16-21,41,43,46-49H,3-5,8-9,14-15,22-25H2,1-2H3,(H,44,50). The molecule has 0 aliphatic carbocycles. The highest BCUT2D eigenvalue weighted by atomic mass is 16.5. The summed E-state index contributed by atoms with van der Waals surface area (Å²) in [5.41, 5.74) is 6.13. The first-order valence-corrected chi connectivity index (χ1v) is 18.3. The molecule has 0 fully saturated rings. The number of aliphatic hydroxyl groups is 4. The lowest BCUT2D eigenvalue weighted by atomic mass is 9.97. The predicted octanol–water partition coefficient (Wildman–Crippen LogP) is 6.26. The van der Waals surface area contributed by atoms with Crippen molar-refractivity contribution in [1.82, 2.24) is 10.5 Å². The lowest BCUT2D eigenvalue weighted by Gasteiger charge is -2.28. The number of benzene rings is 4. The summed E-state index contributed by atoms with van der Waals surface area (Å²) in [6.07, 6.45) is 4.20. The molecule has 0 radical (unpaired) electrons. The predicted molar refractivity (Wildman–Crippen MR) is 205 cm³/mol. The number of aliphatic hydroxyl groups excluding tert-OH is 4. The lowest BCUT2D eigenvalue weighted by molar-refractivity contribution is 0.0935. The van der Waals surface area contributed by atoms with Gasteiger partial charge in [0.15, 0.2) is 17.3 Å². The van der Waals surface area contributed by atoms with Crippen LogP contribution in [0.2, 0.25) is 0 Å². The molecule has 0 bridgehead atoms. The number of aromatic nitrogens is 1. The Bertz CT molecular complexity index is 2030. The molecule has 0 saturated carbocycles. The second kappa shape index (κ2) is 18.6. The number of fused-ring (bicyclic) bond motifs is 1. The molecule has 0 saturated heterocycles. The van der Waals surface area contributed by atoms with Gasteiger partial charge < -0.3 is 54.5 Å². The fourth-order valence-electron chi connectivity index (χ4n) is 6.65. The summed E-state index contributed by atoms with van der Waals surface area (Å²) < 4.78 is 29.1. The third-order valence-electron chi connectivity index (χ3n) is 9.61. The molecule has 0 spiro atoms. The zero-order chi connectivity index (χ0) is 38.7. The first-order chi connectivity index (χ1) is 26.9. The van der Waals surface area contributed by atoms with Crippen LogP contribution in [-0.2, 0) is 26.4 Å². The van der Waals surface area contributed by atoms with E-state index in [-0.39, 0.29) is 32.3 Å². The Labute approximate surface area is 319 Å². The quantitative estimate of drug-likeness (QED) is 0.0522. The third kappa shape index (κ3) is 9.03. The van der Waals surface area contributed by atoms with E-state index in [1.54, 1.807) is 50.6 Å². The number of rotatable bonds is 19. The molecule has 6 N–H and O–H groups in total. The van der Waals surface area contributed by atoms with Gasteiger partial charge in [-0.25, -0.2) is 0 Å². The van der Waals surface area contributed by atoms with Gasteiger partial charge in [-0.15, -0.1) is 0 Å². The zero-order valence-electron chi connectivity index (χ0n) is 31.0. The largest absolute Gasteiger partial charge is 0.493 e. The van der Waals surface area contributed by atoms with Crippen molar-refractivity contribution in [2.75, 3.05) is 32.8 Å². The number of nitrogens with zero attached hydrogens (tertiary/aromatic N) is 1. The van der Waals surface area contributed by atoms with Crippen molar-refractivity contribution in [3.63, 3.8) is 0 Å². The van der Waals surface area contributed by atoms with E-state index < -0.39 is 6.17 Å². The minimum atomic E-state index is -0.408. The van der Waals surface area contributed by atoms with Gasteiger partial charge in [-0.1, -0.05) is 42.6 Å². The van der Waals surface area contributed by atoms with Crippen molar-refractivity contribution in [2.45, 2.75) is 64.7 Å². The highest BCUT2D eigenvalue weighted by Crippen LogP contribution is 2.42. The van der Waals surface area contributed by atoms with Gasteiger partial charge in [-0.2, -0.15) is 0 Å². The molecule has 6 rings (SSSR count). The van der Waals surface area contributed by atoms with Crippen LogP contribution in [0.4, 0.5) is 5.69 Å². The normalized spacial score (nSPS) is 13.5. The number of carbonyl (C=O) groups is 1. The number of methoxy groups -OCH3 is 2. The van der Waals surface area contributed by atoms with Gasteiger partial charge in [0.25, 0.3) is 5.91 Å². The molecule has 5 aromatic rings. The summed E-state index contributed by atoms with van der Waals surface area (Å²) in [6, 6.07) is 21.7. The molecule has 1 aliphatic heterocycles. The van der Waals surface area contributed by atoms with E-state index in [1.807, 2.05) is 36.4 Å². The maximum atomic E-state index is 12.6. The molecule has 2 heterocycles. The zero-order valence-corrected chi connectivity index (χ0v) is 31.0. The van der Waals surface area contributed by atoms with Gasteiger partial charge in [-0.05, 0) is 83.6 Å². The van der Waals surface area contributed by atoms with Crippen molar-refractivity contribution < 1.29 is 48.7 Å². The minimum Gasteiger partial charge on any atom is -0.493 e. The van der Waals surface area contributed by atoms with Crippen LogP contribution in [-0.4, -0.2) is 58.9 Å². The smallest absolute Gasteiger partial charge is 0.255 e. The van der Waals surface area contributed by atoms with Gasteiger partial charge in [-0.3, -0.25) is 4.79 Å². The highest BCUT2D eigenvalue weighted by Gasteiger charge is 2.25. The third-order valence-corrected chi connectivity index (χ3v) is 9.61. The van der Waals surface area contributed by atoms with Crippen molar-refractivity contribution in [1.29, 1.82) is 0 Å². The number of carbonyl (C=O) groups excluding carboxylic acids is 1. The van der Waals surface area contributed by atoms with Crippen molar-refractivity contribution >= 4 is 11.6 Å². The lowest BCUT2D eigenvalue weighted by Crippen LogP contribution is -2.38. The Morgan fingerprint density at radius 3 is 1.98 bits per heavy atom. The summed E-state index contributed by atoms with van der Waals surface area (Å²) >= 11 is 0. The maximum Gasteiger partial charge on any atom is 0.255 e. The summed E-state index contributed by atoms with van der Waals surface area (Å²) in [4.78, 5) is 12.6. The van der Waals surface area contributed by atoms with E-state index in [2.05, 4.69) is 15.8 Å². The van der Waals surface area contributed by atoms with E-state index in [9.17, 15) is 25.2 Å². The van der Waals surface area contributed by atoms with E-state index in [0.29, 0.717) is 86.6 Å². The molecule has 1 aromatic heterocycles. The van der Waals surface area contributed by atoms with E-state index in [0.717, 1.165) is 43.4 Å². The van der Waals surface area contributed by atoms with Gasteiger partial charge in [0.1, 0.15) is 17.6 Å². The van der Waals surface area contributed by atoms with Crippen LogP contribution in [0.15, 0.2) is 77.3 Å². The van der Waals surface area contributed by atoms with Crippen LogP contribution in [0.1, 0.15) is 76.4 Å². The molecular weight excluding hydrogens is 706 g/mol. The Morgan fingerprint density at radius 2 is 1.33 bits per heavy atom. The Kier molecular flexibility index (Phi) is 13.2. The average Bonchev–Trinajstić information content (AvgIpc) is 3.73. The fourth-order valence-corrected chi connectivity index (χ4v) is 6.65. The molecule has 1 atom stereocenters. The molecule has 55 heavy (non-hydrogen) atoms. The number of para-hydroxylation sites is 1. The van der Waals surface area contributed by atoms with Crippen LogP contribution in [0.5, 0.6) is 23.0 Å². The molecule has 1 aliphatic rings. The first-order valence-electron chi connectivity index (χ1n) is 18.3. The van der Waals surface area contributed by atoms with Crippen LogP contribution in [0, 0.1) is 0 Å². The number of amides is 1. The average molecular weight is 754 g/mol. The fraction of sp³-hybridized carbons (Fsp3) is 0.333. The topological polar surface area (TPSA) is 185 Å². The number of ether oxygens (including phenoxy) is 4. The van der Waals surface area contributed by atoms with Crippen LogP contribution < -0.4 is 29.6 Å². The summed E-state index contributed by atoms with van der Waals surface area (Å²) in [7, 11) is 3.11. The van der Waals surface area contributed by atoms with Crippen LogP contribution in [0.25, 0.3) is 22.6 Å². The summed E-state index contributed by atoms with van der Waals surface area (Å²) in [5, 5.41) is 49.9. The van der Waals surface area contributed by atoms with E-state index in [1.165, 1.54) is 0 Å². The van der Waals surface area contributed by atoms with Gasteiger partial charge in [0.05, 0.1) is 59.4 Å². The van der Waals surface area contributed by atoms with Gasteiger partial charge in [0, 0.05) is 28.4 Å². The Balaban J connectivity index is 0.965. The minimum absolute atomic E-state index is 0.147. The van der Waals surface area contributed by atoms with Crippen molar-refractivity contribution in [3.8, 4) is 45.6 Å². The number of hydrogen-bond donors (Lipinski definition) is 6. The van der Waals surface area contributed by atoms with Gasteiger partial charge in [0.2, 0.25) is 5.75 Å². The second-order valence-corrected chi connectivity index (χ2v) is 13.1. The van der Waals surface area contributed by atoms with Crippen LogP contribution in [0.3, 0.4) is 0 Å². The monoisotopic (exact) mass is 753 g/mol. The highest BCUT2D eigenvalue weighted by molar-refractivity contribution is 6.01. The molecule has 1 unspecified atom stereocenters. The number of anilines is 1. The first kappa shape index (κ1) is 39.1. The van der Waals surface area contributed by atoms with E-state index in [4.69, 9.17) is 23.5 Å². The molecular formula is C42H47N3O10. The van der Waals surface area contributed by atoms with Crippen LogP contribution >= 0.6 is 0 Å². The number of unbranched alkanes of at least 4 members (excludes halogenated alkanes) is 4. The number of nitrogens with one attached hydrogen (secondary N) is 2. The molecule has 13 heteroatoms. The summed E-state index contributed by atoms with van der Waals surface area (Å²) in [5.74, 6) is 2.36. The van der Waals surface area contributed by atoms with E-state index >= 15 is 0 Å². The molecule has 1 amide bonds. The van der Waals surface area contributed by atoms with Gasteiger partial charge >= 0.3 is 0 Å². The maximum absolute atomic E-state index is 12.6.